The molecule has 9 heteroatoms. The molecule has 9 nitrogen and oxygen atoms in total. The normalized spacial score (nSPS) is 29.5. The van der Waals surface area contributed by atoms with Crippen LogP contribution in [0.15, 0.2) is 36.4 Å². The van der Waals surface area contributed by atoms with Crippen LogP contribution < -0.4 is 10.2 Å². The van der Waals surface area contributed by atoms with Crippen LogP contribution in [0.25, 0.3) is 0 Å². The Kier molecular flexibility index (Phi) is 4.29. The summed E-state index contributed by atoms with van der Waals surface area (Å²) in [6.45, 7) is 4.34. The molecule has 0 bridgehead atoms. The van der Waals surface area contributed by atoms with E-state index in [1.807, 2.05) is 25.1 Å². The number of hydrogen-bond acceptors (Lipinski definition) is 6. The minimum absolute atomic E-state index is 0.102. The maximum absolute atomic E-state index is 14.0. The highest BCUT2D eigenvalue weighted by Gasteiger charge is 2.74. The maximum Gasteiger partial charge on any atom is 0.269 e. The van der Waals surface area contributed by atoms with E-state index in [1.54, 1.807) is 6.92 Å². The fourth-order valence-corrected chi connectivity index (χ4v) is 6.71. The van der Waals surface area contributed by atoms with Crippen LogP contribution in [-0.2, 0) is 26.3 Å². The first-order valence-corrected chi connectivity index (χ1v) is 11.6. The lowest BCUT2D eigenvalue weighted by Crippen LogP contribution is -2.54. The summed E-state index contributed by atoms with van der Waals surface area (Å²) in [7, 11) is 0. The van der Waals surface area contributed by atoms with E-state index in [2.05, 4.69) is 10.2 Å². The molecule has 4 aliphatic rings. The minimum Gasteiger partial charge on any atom is -0.324 e. The number of aryl methyl sites for hydroxylation is 2. The van der Waals surface area contributed by atoms with Crippen LogP contribution in [0, 0.1) is 28.9 Å². The highest BCUT2D eigenvalue weighted by molar-refractivity contribution is 6.26. The van der Waals surface area contributed by atoms with E-state index >= 15 is 0 Å². The number of nitro groups is 1. The number of carbonyl (C=O) groups is 3. The molecule has 1 spiro atoms. The molecular weight excluding hydrogens is 436 g/mol. The third-order valence-corrected chi connectivity index (χ3v) is 8.10. The van der Waals surface area contributed by atoms with Gasteiger partial charge in [-0.1, -0.05) is 19.1 Å². The van der Waals surface area contributed by atoms with E-state index < -0.39 is 28.2 Å². The molecule has 2 aromatic rings. The molecule has 6 rings (SSSR count). The Morgan fingerprint density at radius 2 is 1.94 bits per heavy atom. The third kappa shape index (κ3) is 2.39. The van der Waals surface area contributed by atoms with Crippen molar-refractivity contribution in [2.75, 3.05) is 16.8 Å². The van der Waals surface area contributed by atoms with Crippen LogP contribution in [0.3, 0.4) is 0 Å². The van der Waals surface area contributed by atoms with Gasteiger partial charge in [0.2, 0.25) is 17.7 Å². The predicted octanol–water partition coefficient (Wildman–Crippen LogP) is 2.90. The number of anilines is 2. The summed E-state index contributed by atoms with van der Waals surface area (Å²) in [4.78, 5) is 55.5. The van der Waals surface area contributed by atoms with Crippen LogP contribution in [0.4, 0.5) is 17.1 Å². The molecule has 2 aromatic carbocycles. The number of imide groups is 1. The molecule has 4 heterocycles. The number of fused-ring (bicyclic) bond motifs is 7. The summed E-state index contributed by atoms with van der Waals surface area (Å²) in [6.07, 6.45) is 2.38. The lowest BCUT2D eigenvalue weighted by molar-refractivity contribution is -0.384. The zero-order chi connectivity index (χ0) is 23.9. The Balaban J connectivity index is 1.53. The van der Waals surface area contributed by atoms with Gasteiger partial charge >= 0.3 is 0 Å². The number of carbonyl (C=O) groups excluding carboxylic acids is 3. The van der Waals surface area contributed by atoms with E-state index in [-0.39, 0.29) is 23.5 Å². The highest BCUT2D eigenvalue weighted by atomic mass is 16.6. The molecule has 0 saturated carbocycles. The summed E-state index contributed by atoms with van der Waals surface area (Å²) in [5, 5.41) is 14.2. The molecular formula is C25H24N4O5. The second-order valence-corrected chi connectivity index (χ2v) is 9.60. The SMILES string of the molecule is CCc1ccc2c(c1)C1(C(=O)N2)C2C(=O)N(c3ccc([N+](=O)[O-])cc3C)C(=O)C2C2CCCN21. The number of non-ortho nitro benzene ring substituents is 1. The number of nitrogens with zero attached hydrogens (tertiary/aromatic N) is 3. The summed E-state index contributed by atoms with van der Waals surface area (Å²) >= 11 is 0. The average Bonchev–Trinajstić information content (AvgIpc) is 3.52. The molecule has 1 N–H and O–H groups in total. The molecule has 34 heavy (non-hydrogen) atoms. The van der Waals surface area contributed by atoms with Gasteiger partial charge in [0.1, 0.15) is 5.54 Å². The van der Waals surface area contributed by atoms with Crippen LogP contribution in [0.1, 0.15) is 36.5 Å². The molecule has 0 aromatic heterocycles. The first kappa shape index (κ1) is 21.0. The summed E-state index contributed by atoms with van der Waals surface area (Å²) < 4.78 is 0. The molecule has 4 atom stereocenters. The van der Waals surface area contributed by atoms with Gasteiger partial charge in [0.15, 0.2) is 0 Å². The smallest absolute Gasteiger partial charge is 0.269 e. The lowest BCUT2D eigenvalue weighted by Gasteiger charge is -2.37. The maximum atomic E-state index is 14.0. The number of benzene rings is 2. The van der Waals surface area contributed by atoms with Crippen molar-refractivity contribution in [3.05, 3.63) is 63.2 Å². The molecule has 0 radical (unpaired) electrons. The molecule has 3 saturated heterocycles. The Hall–Kier alpha value is -3.59. The van der Waals surface area contributed by atoms with Crippen molar-refractivity contribution in [2.45, 2.75) is 44.7 Å². The Bertz CT molecular complexity index is 1310. The quantitative estimate of drug-likeness (QED) is 0.428. The van der Waals surface area contributed by atoms with Crippen molar-refractivity contribution < 1.29 is 19.3 Å². The standard InChI is InChI=1S/C25H24N4O5/c1-3-14-6-8-17-16(12-14)25(24(32)26-17)21-20(19-5-4-10-27(19)25)22(30)28(23(21)31)18-9-7-15(29(33)34)11-13(18)2/h6-9,11-12,19-21H,3-5,10H2,1-2H3,(H,26,32). The van der Waals surface area contributed by atoms with Crippen molar-refractivity contribution in [1.29, 1.82) is 0 Å². The average molecular weight is 460 g/mol. The van der Waals surface area contributed by atoms with Gasteiger partial charge in [-0.3, -0.25) is 29.4 Å². The van der Waals surface area contributed by atoms with Gasteiger partial charge in [-0.15, -0.1) is 0 Å². The van der Waals surface area contributed by atoms with Crippen molar-refractivity contribution in [2.24, 2.45) is 11.8 Å². The first-order chi connectivity index (χ1) is 16.3. The zero-order valence-electron chi connectivity index (χ0n) is 18.9. The van der Waals surface area contributed by atoms with E-state index in [0.717, 1.165) is 30.4 Å². The monoisotopic (exact) mass is 460 g/mol. The Morgan fingerprint density at radius 3 is 2.65 bits per heavy atom. The van der Waals surface area contributed by atoms with Gasteiger partial charge < -0.3 is 5.32 Å². The van der Waals surface area contributed by atoms with E-state index in [1.165, 1.54) is 23.1 Å². The van der Waals surface area contributed by atoms with Crippen LogP contribution in [-0.4, -0.2) is 40.1 Å². The van der Waals surface area contributed by atoms with Gasteiger partial charge in [-0.2, -0.15) is 0 Å². The number of nitro benzene ring substituents is 1. The molecule has 4 aliphatic heterocycles. The minimum atomic E-state index is -1.22. The second-order valence-electron chi connectivity index (χ2n) is 9.60. The fourth-order valence-electron chi connectivity index (χ4n) is 6.71. The van der Waals surface area contributed by atoms with E-state index in [4.69, 9.17) is 0 Å². The van der Waals surface area contributed by atoms with E-state index in [9.17, 15) is 24.5 Å². The number of nitrogens with one attached hydrogen (secondary N) is 1. The van der Waals surface area contributed by atoms with Gasteiger partial charge in [0.25, 0.3) is 5.69 Å². The lowest BCUT2D eigenvalue weighted by atomic mass is 9.75. The molecule has 3 fully saturated rings. The fraction of sp³-hybridized carbons (Fsp3) is 0.400. The predicted molar refractivity (Wildman–Crippen MR) is 123 cm³/mol. The Labute approximate surface area is 195 Å². The number of rotatable bonds is 3. The van der Waals surface area contributed by atoms with Gasteiger partial charge in [0, 0.05) is 29.4 Å². The second kappa shape index (κ2) is 6.96. The molecule has 0 aliphatic carbocycles. The summed E-state index contributed by atoms with van der Waals surface area (Å²) in [5.41, 5.74) is 2.03. The number of amides is 3. The Morgan fingerprint density at radius 1 is 1.15 bits per heavy atom. The van der Waals surface area contributed by atoms with Crippen LogP contribution in [0.5, 0.6) is 0 Å². The van der Waals surface area contributed by atoms with Gasteiger partial charge in [0.05, 0.1) is 22.4 Å². The van der Waals surface area contributed by atoms with Crippen molar-refractivity contribution in [1.82, 2.24) is 4.90 Å². The van der Waals surface area contributed by atoms with Crippen molar-refractivity contribution >= 4 is 34.8 Å². The topological polar surface area (TPSA) is 113 Å². The highest BCUT2D eigenvalue weighted by Crippen LogP contribution is 2.60. The van der Waals surface area contributed by atoms with Crippen LogP contribution in [0.2, 0.25) is 0 Å². The summed E-state index contributed by atoms with van der Waals surface area (Å²) in [5.74, 6) is -2.46. The van der Waals surface area contributed by atoms with Crippen molar-refractivity contribution in [3.63, 3.8) is 0 Å². The van der Waals surface area contributed by atoms with Crippen molar-refractivity contribution in [3.8, 4) is 0 Å². The molecule has 4 unspecified atom stereocenters. The first-order valence-electron chi connectivity index (χ1n) is 11.6. The van der Waals surface area contributed by atoms with E-state index in [0.29, 0.717) is 23.5 Å². The molecule has 174 valence electrons. The molecule has 3 amide bonds. The van der Waals surface area contributed by atoms with Gasteiger partial charge in [-0.05, 0) is 56.0 Å². The third-order valence-electron chi connectivity index (χ3n) is 8.10. The largest absolute Gasteiger partial charge is 0.324 e. The van der Waals surface area contributed by atoms with Crippen LogP contribution >= 0.6 is 0 Å². The zero-order valence-corrected chi connectivity index (χ0v) is 18.9. The summed E-state index contributed by atoms with van der Waals surface area (Å²) in [6, 6.07) is 9.79. The number of hydrogen-bond donors (Lipinski definition) is 1. The van der Waals surface area contributed by atoms with Gasteiger partial charge in [-0.25, -0.2) is 4.90 Å².